The first kappa shape index (κ1) is 10.1. The SMILES string of the molecule is Cn1cc(CC(NN)c2cnns2)nn1. The average molecular weight is 225 g/mol. The molecule has 0 spiro atoms. The van der Waals surface area contributed by atoms with Gasteiger partial charge in [0, 0.05) is 19.7 Å². The van der Waals surface area contributed by atoms with Crippen LogP contribution >= 0.6 is 11.5 Å². The summed E-state index contributed by atoms with van der Waals surface area (Å²) in [6, 6.07) is -0.0123. The van der Waals surface area contributed by atoms with E-state index in [1.54, 1.807) is 10.9 Å². The topological polar surface area (TPSA) is 94.5 Å². The average Bonchev–Trinajstić information content (AvgIpc) is 2.85. The fourth-order valence-corrected chi connectivity index (χ4v) is 1.83. The second kappa shape index (κ2) is 4.43. The number of aryl methyl sites for hydroxylation is 1. The van der Waals surface area contributed by atoms with Crippen LogP contribution < -0.4 is 11.3 Å². The van der Waals surface area contributed by atoms with Crippen LogP contribution in [-0.2, 0) is 13.5 Å². The Bertz CT molecular complexity index is 409. The lowest BCUT2D eigenvalue weighted by molar-refractivity contribution is 0.553. The molecule has 0 radical (unpaired) electrons. The Kier molecular flexibility index (Phi) is 2.99. The third kappa shape index (κ3) is 2.35. The van der Waals surface area contributed by atoms with Gasteiger partial charge >= 0.3 is 0 Å². The van der Waals surface area contributed by atoms with Gasteiger partial charge in [-0.15, -0.1) is 10.2 Å². The molecule has 15 heavy (non-hydrogen) atoms. The molecule has 2 aromatic rings. The van der Waals surface area contributed by atoms with Crippen LogP contribution in [0.25, 0.3) is 0 Å². The molecule has 8 heteroatoms. The molecule has 0 saturated heterocycles. The quantitative estimate of drug-likeness (QED) is 0.533. The third-order valence-corrected chi connectivity index (χ3v) is 2.76. The number of nitrogens with two attached hydrogens (primary N) is 1. The molecule has 1 atom stereocenters. The van der Waals surface area contributed by atoms with Crippen LogP contribution in [0.2, 0.25) is 0 Å². The zero-order valence-electron chi connectivity index (χ0n) is 8.16. The molecule has 0 aliphatic heterocycles. The lowest BCUT2D eigenvalue weighted by Crippen LogP contribution is -2.29. The lowest BCUT2D eigenvalue weighted by Gasteiger charge is -2.10. The lowest BCUT2D eigenvalue weighted by atomic mass is 10.1. The van der Waals surface area contributed by atoms with Gasteiger partial charge in [0.15, 0.2) is 0 Å². The van der Waals surface area contributed by atoms with E-state index >= 15 is 0 Å². The molecule has 0 aromatic carbocycles. The smallest absolute Gasteiger partial charge is 0.0846 e. The van der Waals surface area contributed by atoms with Gasteiger partial charge in [-0.3, -0.25) is 16.0 Å². The van der Waals surface area contributed by atoms with Gasteiger partial charge < -0.3 is 0 Å². The normalized spacial score (nSPS) is 12.9. The van der Waals surface area contributed by atoms with Gasteiger partial charge in [-0.2, -0.15) is 0 Å². The molecule has 2 rings (SSSR count). The molecular weight excluding hydrogens is 214 g/mol. The molecule has 3 N–H and O–H groups in total. The van der Waals surface area contributed by atoms with Crippen molar-refractivity contribution in [1.82, 2.24) is 30.0 Å². The highest BCUT2D eigenvalue weighted by atomic mass is 32.1. The van der Waals surface area contributed by atoms with Crippen molar-refractivity contribution in [3.8, 4) is 0 Å². The number of rotatable bonds is 4. The van der Waals surface area contributed by atoms with Crippen molar-refractivity contribution >= 4 is 11.5 Å². The molecule has 80 valence electrons. The first-order chi connectivity index (χ1) is 7.29. The Labute approximate surface area is 90.4 Å². The number of aromatic nitrogens is 5. The van der Waals surface area contributed by atoms with Crippen LogP contribution in [0.3, 0.4) is 0 Å². The molecule has 2 aromatic heterocycles. The summed E-state index contributed by atoms with van der Waals surface area (Å²) in [6.45, 7) is 0. The van der Waals surface area contributed by atoms with E-state index in [4.69, 9.17) is 5.84 Å². The van der Waals surface area contributed by atoms with Crippen molar-refractivity contribution in [2.24, 2.45) is 12.9 Å². The van der Waals surface area contributed by atoms with Crippen molar-refractivity contribution in [1.29, 1.82) is 0 Å². The van der Waals surface area contributed by atoms with E-state index in [0.29, 0.717) is 6.42 Å². The number of hydrazine groups is 1. The Morgan fingerprint density at radius 3 is 3.07 bits per heavy atom. The zero-order valence-corrected chi connectivity index (χ0v) is 8.98. The van der Waals surface area contributed by atoms with Crippen molar-refractivity contribution in [2.45, 2.75) is 12.5 Å². The van der Waals surface area contributed by atoms with Crippen molar-refractivity contribution in [2.75, 3.05) is 0 Å². The molecule has 7 nitrogen and oxygen atoms in total. The number of hydrogen-bond donors (Lipinski definition) is 2. The number of nitrogens with one attached hydrogen (secondary N) is 1. The maximum atomic E-state index is 5.46. The molecule has 1 unspecified atom stereocenters. The zero-order chi connectivity index (χ0) is 10.7. The Morgan fingerprint density at radius 1 is 1.67 bits per heavy atom. The molecule has 0 fully saturated rings. The van der Waals surface area contributed by atoms with Gasteiger partial charge in [0.2, 0.25) is 0 Å². The first-order valence-corrected chi connectivity index (χ1v) is 5.15. The van der Waals surface area contributed by atoms with E-state index in [2.05, 4.69) is 25.3 Å². The minimum atomic E-state index is -0.0123. The van der Waals surface area contributed by atoms with Crippen LogP contribution in [0.15, 0.2) is 12.4 Å². The van der Waals surface area contributed by atoms with E-state index in [1.165, 1.54) is 11.5 Å². The predicted octanol–water partition coefficient (Wildman–Crippen LogP) is -0.586. The molecule has 0 amide bonds. The van der Waals surface area contributed by atoms with Crippen LogP contribution in [-0.4, -0.2) is 24.6 Å². The summed E-state index contributed by atoms with van der Waals surface area (Å²) in [5.41, 5.74) is 3.60. The molecule has 2 heterocycles. The van der Waals surface area contributed by atoms with Gasteiger partial charge in [-0.1, -0.05) is 9.70 Å². The summed E-state index contributed by atoms with van der Waals surface area (Å²) in [4.78, 5) is 0.989. The maximum Gasteiger partial charge on any atom is 0.0846 e. The molecule has 0 aliphatic rings. The third-order valence-electron chi connectivity index (χ3n) is 1.99. The summed E-state index contributed by atoms with van der Waals surface area (Å²) < 4.78 is 5.45. The molecule has 0 saturated carbocycles. The molecular formula is C7H11N7S. The Hall–Kier alpha value is -1.38. The van der Waals surface area contributed by atoms with E-state index in [-0.39, 0.29) is 6.04 Å². The summed E-state index contributed by atoms with van der Waals surface area (Å²) >= 11 is 1.32. The summed E-state index contributed by atoms with van der Waals surface area (Å²) in [5.74, 6) is 5.46. The van der Waals surface area contributed by atoms with Crippen LogP contribution in [0.1, 0.15) is 16.6 Å². The highest BCUT2D eigenvalue weighted by Crippen LogP contribution is 2.18. The maximum absolute atomic E-state index is 5.46. The highest BCUT2D eigenvalue weighted by molar-refractivity contribution is 7.05. The standard InChI is InChI=1S/C7H11N7S/c1-14-4-5(11-12-14)2-6(10-8)7-3-9-13-15-7/h3-4,6,10H,2,8H2,1H3. The highest BCUT2D eigenvalue weighted by Gasteiger charge is 2.14. The van der Waals surface area contributed by atoms with Gasteiger partial charge in [-0.05, 0) is 11.5 Å². The minimum Gasteiger partial charge on any atom is -0.271 e. The largest absolute Gasteiger partial charge is 0.271 e. The first-order valence-electron chi connectivity index (χ1n) is 4.38. The van der Waals surface area contributed by atoms with Gasteiger partial charge in [0.25, 0.3) is 0 Å². The van der Waals surface area contributed by atoms with Crippen LogP contribution in [0.4, 0.5) is 0 Å². The molecule has 0 aliphatic carbocycles. The minimum absolute atomic E-state index is 0.0123. The van der Waals surface area contributed by atoms with E-state index < -0.39 is 0 Å². The van der Waals surface area contributed by atoms with Crippen molar-refractivity contribution in [3.63, 3.8) is 0 Å². The van der Waals surface area contributed by atoms with Crippen LogP contribution in [0.5, 0.6) is 0 Å². The van der Waals surface area contributed by atoms with Gasteiger partial charge in [0.05, 0.1) is 22.8 Å². The van der Waals surface area contributed by atoms with E-state index in [1.807, 2.05) is 13.2 Å². The van der Waals surface area contributed by atoms with E-state index in [9.17, 15) is 0 Å². The van der Waals surface area contributed by atoms with Gasteiger partial charge in [-0.25, -0.2) is 0 Å². The monoisotopic (exact) mass is 225 g/mol. The second-order valence-corrected chi connectivity index (χ2v) is 3.94. The van der Waals surface area contributed by atoms with Gasteiger partial charge in [0.1, 0.15) is 0 Å². The fourth-order valence-electron chi connectivity index (χ4n) is 1.27. The van der Waals surface area contributed by atoms with E-state index in [0.717, 1.165) is 10.6 Å². The number of hydrogen-bond acceptors (Lipinski definition) is 7. The Balaban J connectivity index is 2.09. The Morgan fingerprint density at radius 2 is 2.53 bits per heavy atom. The molecule has 0 bridgehead atoms. The van der Waals surface area contributed by atoms with Crippen molar-refractivity contribution < 1.29 is 0 Å². The summed E-state index contributed by atoms with van der Waals surface area (Å²) in [6.07, 6.45) is 4.23. The predicted molar refractivity (Wildman–Crippen MR) is 54.7 cm³/mol. The van der Waals surface area contributed by atoms with Crippen LogP contribution in [0, 0.1) is 0 Å². The fraction of sp³-hybridized carbons (Fsp3) is 0.429. The summed E-state index contributed by atoms with van der Waals surface area (Å²) in [7, 11) is 1.83. The number of nitrogens with zero attached hydrogens (tertiary/aromatic N) is 5. The summed E-state index contributed by atoms with van der Waals surface area (Å²) in [5, 5.41) is 11.6. The van der Waals surface area contributed by atoms with Crippen molar-refractivity contribution in [3.05, 3.63) is 23.0 Å². The second-order valence-electron chi connectivity index (χ2n) is 3.13.